The third kappa shape index (κ3) is 22.6. The third-order valence-corrected chi connectivity index (χ3v) is 11.7. The molecule has 15 N–H and O–H groups in total. The number of hydrogen-bond acceptors (Lipinski definition) is 13. The highest BCUT2D eigenvalue weighted by Gasteiger charge is 2.36. The van der Waals surface area contributed by atoms with Gasteiger partial charge in [0.05, 0.1) is 12.6 Å². The molecule has 0 radical (unpaired) electrons. The number of carboxylic acids is 2. The van der Waals surface area contributed by atoms with Crippen molar-refractivity contribution >= 4 is 61.1 Å². The smallest absolute Gasteiger partial charge is 0.469 e. The van der Waals surface area contributed by atoms with Crippen LogP contribution in [0.2, 0.25) is 0 Å². The first-order chi connectivity index (χ1) is 33.4. The zero-order chi connectivity index (χ0) is 53.4. The normalized spacial score (nSPS) is 15.2. The van der Waals surface area contributed by atoms with Crippen LogP contribution in [-0.4, -0.2) is 135 Å². The summed E-state index contributed by atoms with van der Waals surface area (Å²) in [4.78, 5) is 138. The SMILES string of the molecule is CC[C@H](C)[C@H](NC(=O)[C@@H](N)Cc1ccccc1)C(=O)N[C@H](C(=O)N[C@@H](CCCCN)C(=O)N[C@@H](COP(=O)(O)O)C(=O)N[C@@H](C)C(=O)N[C@@H](Cc1ccccc1)C(=O)N[C@@H](CCC(=O)O)C(=O)O)C(C)C. The summed E-state index contributed by atoms with van der Waals surface area (Å²) >= 11 is 0. The Morgan fingerprint density at radius 1 is 0.592 bits per heavy atom. The van der Waals surface area contributed by atoms with Crippen LogP contribution < -0.4 is 48.7 Å². The predicted octanol–water partition coefficient (Wildman–Crippen LogP) is -0.898. The maximum absolute atomic E-state index is 14.0. The monoisotopic (exact) mass is 1020 g/mol. The Balaban J connectivity index is 2.33. The number of rotatable bonds is 32. The number of carboxylic acid groups (broad SMARTS) is 2. The molecule has 0 saturated heterocycles. The van der Waals surface area contributed by atoms with Crippen molar-refractivity contribution in [1.29, 1.82) is 0 Å². The summed E-state index contributed by atoms with van der Waals surface area (Å²) in [5.41, 5.74) is 13.2. The Hall–Kier alpha value is -6.30. The number of carbonyl (C=O) groups excluding carboxylic acids is 7. The van der Waals surface area contributed by atoms with Gasteiger partial charge in [0.1, 0.15) is 42.3 Å². The maximum atomic E-state index is 14.0. The largest absolute Gasteiger partial charge is 0.481 e. The van der Waals surface area contributed by atoms with Crippen molar-refractivity contribution < 1.29 is 72.2 Å². The lowest BCUT2D eigenvalue weighted by molar-refractivity contribution is -0.143. The molecule has 24 nitrogen and oxygen atoms in total. The van der Waals surface area contributed by atoms with Gasteiger partial charge in [0.2, 0.25) is 41.4 Å². The first kappa shape index (κ1) is 60.8. The summed E-state index contributed by atoms with van der Waals surface area (Å²) in [5.74, 6) is -10.2. The molecule has 25 heteroatoms. The van der Waals surface area contributed by atoms with Gasteiger partial charge in [0, 0.05) is 12.8 Å². The van der Waals surface area contributed by atoms with Crippen LogP contribution in [0.4, 0.5) is 0 Å². The highest BCUT2D eigenvalue weighted by atomic mass is 31.2. The van der Waals surface area contributed by atoms with Crippen molar-refractivity contribution in [3.8, 4) is 0 Å². The van der Waals surface area contributed by atoms with E-state index in [2.05, 4.69) is 41.7 Å². The van der Waals surface area contributed by atoms with Gasteiger partial charge in [-0.2, -0.15) is 0 Å². The van der Waals surface area contributed by atoms with Gasteiger partial charge in [0.25, 0.3) is 0 Å². The minimum atomic E-state index is -5.29. The average molecular weight is 1020 g/mol. The van der Waals surface area contributed by atoms with Crippen LogP contribution in [0.25, 0.3) is 0 Å². The van der Waals surface area contributed by atoms with E-state index in [4.69, 9.17) is 16.6 Å². The number of nitrogens with two attached hydrogens (primary N) is 2. The number of hydrogen-bond donors (Lipinski definition) is 13. The number of benzene rings is 2. The van der Waals surface area contributed by atoms with Crippen LogP contribution in [0.3, 0.4) is 0 Å². The van der Waals surface area contributed by atoms with Gasteiger partial charge in [-0.15, -0.1) is 0 Å². The van der Waals surface area contributed by atoms with E-state index in [9.17, 15) is 62.6 Å². The van der Waals surface area contributed by atoms with Gasteiger partial charge in [-0.3, -0.25) is 42.9 Å². The quantitative estimate of drug-likeness (QED) is 0.0312. The van der Waals surface area contributed by atoms with Crippen molar-refractivity contribution in [3.63, 3.8) is 0 Å². The second-order valence-corrected chi connectivity index (χ2v) is 18.6. The van der Waals surface area contributed by atoms with Crippen LogP contribution >= 0.6 is 7.82 Å². The van der Waals surface area contributed by atoms with Gasteiger partial charge < -0.3 is 68.7 Å². The molecule has 2 rings (SSSR count). The number of phosphoric acid groups is 1. The van der Waals surface area contributed by atoms with E-state index in [0.29, 0.717) is 18.4 Å². The Morgan fingerprint density at radius 3 is 1.61 bits per heavy atom. The Labute approximate surface area is 412 Å². The summed E-state index contributed by atoms with van der Waals surface area (Å²) in [7, 11) is -5.29. The fourth-order valence-electron chi connectivity index (χ4n) is 6.88. The Morgan fingerprint density at radius 2 is 1.08 bits per heavy atom. The zero-order valence-electron chi connectivity index (χ0n) is 40.5. The molecule has 0 aliphatic rings. The zero-order valence-corrected chi connectivity index (χ0v) is 41.4. The maximum Gasteiger partial charge on any atom is 0.469 e. The van der Waals surface area contributed by atoms with E-state index in [1.54, 1.807) is 63.2 Å². The number of unbranched alkanes of at least 4 members (excludes halogenated alkanes) is 1. The van der Waals surface area contributed by atoms with Crippen LogP contribution in [0, 0.1) is 11.8 Å². The van der Waals surface area contributed by atoms with Crippen molar-refractivity contribution in [1.82, 2.24) is 37.2 Å². The van der Waals surface area contributed by atoms with Gasteiger partial charge in [-0.05, 0) is 68.5 Å². The lowest BCUT2D eigenvalue weighted by Crippen LogP contribution is -2.61. The fraction of sp³-hybridized carbons (Fsp3) is 0.543. The number of phosphoric ester groups is 1. The molecular formula is C46H70N9O15P. The standard InChI is InChI=1S/C46H70N9O15P/c1-6-27(4)38(55-40(59)31(48)23-29-15-9-7-10-16-29)45(64)54-37(26(2)3)44(63)50-32(19-13-14-22-47)41(60)53-35(25-70-71(67,68)69)43(62)49-28(5)39(58)52-34(24-30-17-11-8-12-18-30)42(61)51-33(46(65)66)20-21-36(56)57/h7-12,15-18,26-28,31-35,37-38H,6,13-14,19-25,47-48H2,1-5H3,(H,49,62)(H,50,63)(H,51,61)(H,52,58)(H,53,60)(H,54,64)(H,55,59)(H,56,57)(H,65,66)(H2,67,68,69)/t27-,28-,31-,32-,33-,34-,35-,37-,38-/m0/s1. The summed E-state index contributed by atoms with van der Waals surface area (Å²) in [6.07, 6.45) is -0.0325. The number of aliphatic carboxylic acids is 2. The minimum Gasteiger partial charge on any atom is -0.481 e. The molecule has 394 valence electrons. The van der Waals surface area contributed by atoms with Crippen LogP contribution in [0.5, 0.6) is 0 Å². The van der Waals surface area contributed by atoms with E-state index in [1.165, 1.54) is 6.92 Å². The lowest BCUT2D eigenvalue weighted by Gasteiger charge is -2.30. The Bertz CT molecular complexity index is 2150. The summed E-state index contributed by atoms with van der Waals surface area (Å²) in [5, 5.41) is 35.9. The van der Waals surface area contributed by atoms with Crippen LogP contribution in [-0.2, 0) is 65.1 Å². The van der Waals surface area contributed by atoms with Gasteiger partial charge >= 0.3 is 19.8 Å². The van der Waals surface area contributed by atoms with Gasteiger partial charge in [-0.1, -0.05) is 94.8 Å². The molecule has 0 aliphatic heterocycles. The van der Waals surface area contributed by atoms with E-state index in [0.717, 1.165) is 5.56 Å². The van der Waals surface area contributed by atoms with E-state index in [-0.39, 0.29) is 32.2 Å². The van der Waals surface area contributed by atoms with Crippen molar-refractivity contribution in [2.75, 3.05) is 13.2 Å². The molecule has 2 aromatic carbocycles. The summed E-state index contributed by atoms with van der Waals surface area (Å²) in [6, 6.07) is 5.83. The van der Waals surface area contributed by atoms with Gasteiger partial charge in [0.15, 0.2) is 0 Å². The predicted molar refractivity (Wildman–Crippen MR) is 257 cm³/mol. The van der Waals surface area contributed by atoms with Crippen molar-refractivity contribution in [2.24, 2.45) is 23.3 Å². The topological polar surface area (TPSA) is 397 Å². The Kier molecular flexibility index (Phi) is 26.1. The average Bonchev–Trinajstić information content (AvgIpc) is 3.31. The molecular weight excluding hydrogens is 950 g/mol. The molecule has 9 atom stereocenters. The molecule has 0 aromatic heterocycles. The molecule has 2 aromatic rings. The summed E-state index contributed by atoms with van der Waals surface area (Å²) < 4.78 is 16.4. The minimum absolute atomic E-state index is 0.0746. The molecule has 0 spiro atoms. The van der Waals surface area contributed by atoms with E-state index >= 15 is 0 Å². The number of nitrogens with one attached hydrogen (secondary N) is 7. The fourth-order valence-corrected chi connectivity index (χ4v) is 7.23. The lowest BCUT2D eigenvalue weighted by atomic mass is 9.95. The molecule has 0 aliphatic carbocycles. The van der Waals surface area contributed by atoms with Crippen LogP contribution in [0.15, 0.2) is 60.7 Å². The number of carbonyl (C=O) groups is 9. The van der Waals surface area contributed by atoms with Gasteiger partial charge in [-0.25, -0.2) is 9.36 Å². The van der Waals surface area contributed by atoms with E-state index < -0.39 is 141 Å². The molecule has 0 saturated carbocycles. The van der Waals surface area contributed by atoms with Crippen molar-refractivity contribution in [3.05, 3.63) is 71.8 Å². The third-order valence-electron chi connectivity index (χ3n) is 11.2. The molecule has 71 heavy (non-hydrogen) atoms. The second-order valence-electron chi connectivity index (χ2n) is 17.4. The highest BCUT2D eigenvalue weighted by molar-refractivity contribution is 7.46. The highest BCUT2D eigenvalue weighted by Crippen LogP contribution is 2.35. The molecule has 0 heterocycles. The van der Waals surface area contributed by atoms with Crippen LogP contribution in [0.1, 0.15) is 84.3 Å². The number of amides is 7. The van der Waals surface area contributed by atoms with Crippen molar-refractivity contribution in [2.45, 2.75) is 134 Å². The second kappa shape index (κ2) is 30.4. The first-order valence-corrected chi connectivity index (χ1v) is 24.7. The molecule has 7 amide bonds. The molecule has 0 unspecified atom stereocenters. The summed E-state index contributed by atoms with van der Waals surface area (Å²) in [6.45, 7) is 7.03. The molecule has 0 bridgehead atoms. The molecule has 0 fully saturated rings. The first-order valence-electron chi connectivity index (χ1n) is 23.2. The van der Waals surface area contributed by atoms with E-state index in [1.807, 2.05) is 25.1 Å².